The Kier molecular flexibility index (Phi) is 2.88. The summed E-state index contributed by atoms with van der Waals surface area (Å²) in [6, 6.07) is 9.34. The van der Waals surface area contributed by atoms with Crippen LogP contribution in [0.2, 0.25) is 0 Å². The van der Waals surface area contributed by atoms with Crippen LogP contribution in [-0.4, -0.2) is 9.55 Å². The Hall–Kier alpha value is -2.61. The SMILES string of the molecule is [C-]#[N+]c1cn(Cc2ccccc2)c(=O)[nH]c1=O. The molecule has 84 valence electrons. The predicted molar refractivity (Wildman–Crippen MR) is 63.1 cm³/mol. The number of aromatic nitrogens is 2. The van der Waals surface area contributed by atoms with E-state index in [0.29, 0.717) is 6.54 Å². The molecule has 0 aliphatic carbocycles. The molecule has 0 atom stereocenters. The second-order valence-corrected chi connectivity index (χ2v) is 3.50. The van der Waals surface area contributed by atoms with E-state index in [-0.39, 0.29) is 5.69 Å². The Morgan fingerprint density at radius 3 is 2.59 bits per heavy atom. The molecule has 2 aromatic rings. The predicted octanol–water partition coefficient (Wildman–Crippen LogP) is 1.14. The summed E-state index contributed by atoms with van der Waals surface area (Å²) in [7, 11) is 0. The van der Waals surface area contributed by atoms with Crippen molar-refractivity contribution in [3.8, 4) is 0 Å². The lowest BCUT2D eigenvalue weighted by Gasteiger charge is -2.05. The molecular weight excluding hydrogens is 218 g/mol. The van der Waals surface area contributed by atoms with Gasteiger partial charge in [-0.25, -0.2) is 9.64 Å². The molecule has 1 N–H and O–H groups in total. The summed E-state index contributed by atoms with van der Waals surface area (Å²) < 4.78 is 1.31. The molecule has 5 heteroatoms. The quantitative estimate of drug-likeness (QED) is 0.782. The summed E-state index contributed by atoms with van der Waals surface area (Å²) >= 11 is 0. The van der Waals surface area contributed by atoms with Crippen molar-refractivity contribution >= 4 is 5.69 Å². The zero-order valence-corrected chi connectivity index (χ0v) is 8.88. The smallest absolute Gasteiger partial charge is 0.306 e. The zero-order chi connectivity index (χ0) is 12.3. The van der Waals surface area contributed by atoms with Crippen LogP contribution in [0, 0.1) is 6.57 Å². The number of rotatable bonds is 2. The Morgan fingerprint density at radius 2 is 1.94 bits per heavy atom. The van der Waals surface area contributed by atoms with E-state index in [4.69, 9.17) is 6.57 Å². The topological polar surface area (TPSA) is 59.2 Å². The van der Waals surface area contributed by atoms with E-state index < -0.39 is 11.2 Å². The molecule has 0 amide bonds. The molecule has 1 heterocycles. The number of nitrogens with zero attached hydrogens (tertiary/aromatic N) is 2. The van der Waals surface area contributed by atoms with Gasteiger partial charge in [-0.2, -0.15) is 0 Å². The number of nitrogens with one attached hydrogen (secondary N) is 1. The van der Waals surface area contributed by atoms with Gasteiger partial charge in [0.05, 0.1) is 13.1 Å². The van der Waals surface area contributed by atoms with Crippen molar-refractivity contribution in [2.24, 2.45) is 0 Å². The minimum absolute atomic E-state index is 0.0828. The van der Waals surface area contributed by atoms with Crippen LogP contribution in [-0.2, 0) is 6.54 Å². The second kappa shape index (κ2) is 4.49. The van der Waals surface area contributed by atoms with Gasteiger partial charge in [-0.15, -0.1) is 0 Å². The maximum absolute atomic E-state index is 11.5. The average molecular weight is 227 g/mol. The van der Waals surface area contributed by atoms with Crippen molar-refractivity contribution in [2.45, 2.75) is 6.54 Å². The molecule has 0 radical (unpaired) electrons. The normalized spacial score (nSPS) is 9.82. The van der Waals surface area contributed by atoms with Crippen LogP contribution in [0.3, 0.4) is 0 Å². The lowest BCUT2D eigenvalue weighted by atomic mass is 10.2. The molecule has 0 aliphatic heterocycles. The molecule has 0 bridgehead atoms. The fourth-order valence-electron chi connectivity index (χ4n) is 1.48. The van der Waals surface area contributed by atoms with Crippen LogP contribution >= 0.6 is 0 Å². The molecule has 0 fully saturated rings. The number of H-pyrrole nitrogens is 1. The molecule has 0 saturated heterocycles. The minimum Gasteiger partial charge on any atom is -0.306 e. The molecule has 1 aromatic carbocycles. The van der Waals surface area contributed by atoms with Crippen molar-refractivity contribution in [3.63, 3.8) is 0 Å². The van der Waals surface area contributed by atoms with Gasteiger partial charge in [-0.3, -0.25) is 9.78 Å². The summed E-state index contributed by atoms with van der Waals surface area (Å²) in [6.07, 6.45) is 1.28. The molecule has 0 unspecified atom stereocenters. The van der Waals surface area contributed by atoms with Crippen LogP contribution < -0.4 is 11.2 Å². The maximum atomic E-state index is 11.5. The van der Waals surface area contributed by atoms with Crippen molar-refractivity contribution in [1.29, 1.82) is 0 Å². The molecule has 5 nitrogen and oxygen atoms in total. The highest BCUT2D eigenvalue weighted by molar-refractivity contribution is 5.38. The van der Waals surface area contributed by atoms with Crippen molar-refractivity contribution in [1.82, 2.24) is 9.55 Å². The van der Waals surface area contributed by atoms with E-state index >= 15 is 0 Å². The van der Waals surface area contributed by atoms with Crippen molar-refractivity contribution in [3.05, 3.63) is 74.3 Å². The second-order valence-electron chi connectivity index (χ2n) is 3.50. The molecule has 0 saturated carbocycles. The molecule has 0 aliphatic rings. The third-order valence-corrected chi connectivity index (χ3v) is 2.31. The van der Waals surface area contributed by atoms with Crippen LogP contribution in [0.4, 0.5) is 5.69 Å². The van der Waals surface area contributed by atoms with E-state index in [2.05, 4.69) is 9.83 Å². The van der Waals surface area contributed by atoms with Crippen LogP contribution in [0.5, 0.6) is 0 Å². The first-order valence-corrected chi connectivity index (χ1v) is 4.96. The highest BCUT2D eigenvalue weighted by Gasteiger charge is 2.04. The number of hydrogen-bond acceptors (Lipinski definition) is 2. The Labute approximate surface area is 96.8 Å². The lowest BCUT2D eigenvalue weighted by molar-refractivity contribution is 0.724. The Bertz CT molecular complexity index is 677. The van der Waals surface area contributed by atoms with Crippen LogP contribution in [0.15, 0.2) is 46.1 Å². The van der Waals surface area contributed by atoms with Crippen LogP contribution in [0.1, 0.15) is 5.56 Å². The molecule has 1 aromatic heterocycles. The first kappa shape index (κ1) is 10.9. The summed E-state index contributed by atoms with van der Waals surface area (Å²) in [5, 5.41) is 0. The van der Waals surface area contributed by atoms with Crippen molar-refractivity contribution < 1.29 is 0 Å². The van der Waals surface area contributed by atoms with Gasteiger partial charge in [0, 0.05) is 6.20 Å². The molecule has 0 spiro atoms. The summed E-state index contributed by atoms with van der Waals surface area (Å²) in [4.78, 5) is 27.9. The summed E-state index contributed by atoms with van der Waals surface area (Å²) in [5.74, 6) is 0. The van der Waals surface area contributed by atoms with Gasteiger partial charge in [0.2, 0.25) is 0 Å². The number of aromatic amines is 1. The first-order chi connectivity index (χ1) is 8.20. The highest BCUT2D eigenvalue weighted by atomic mass is 16.2. The monoisotopic (exact) mass is 227 g/mol. The van der Waals surface area contributed by atoms with Gasteiger partial charge in [0.1, 0.15) is 0 Å². The first-order valence-electron chi connectivity index (χ1n) is 4.96. The molecule has 2 rings (SSSR count). The fourth-order valence-corrected chi connectivity index (χ4v) is 1.48. The largest absolute Gasteiger partial charge is 0.326 e. The molecule has 17 heavy (non-hydrogen) atoms. The van der Waals surface area contributed by atoms with Crippen molar-refractivity contribution in [2.75, 3.05) is 0 Å². The minimum atomic E-state index is -0.644. The summed E-state index contributed by atoms with van der Waals surface area (Å²) in [5.41, 5.74) is -0.307. The van der Waals surface area contributed by atoms with Gasteiger partial charge in [-0.05, 0) is 5.56 Å². The highest BCUT2D eigenvalue weighted by Crippen LogP contribution is 2.03. The van der Waals surface area contributed by atoms with Gasteiger partial charge >= 0.3 is 5.69 Å². The lowest BCUT2D eigenvalue weighted by Crippen LogP contribution is -2.29. The van der Waals surface area contributed by atoms with Gasteiger partial charge < -0.3 is 4.57 Å². The van der Waals surface area contributed by atoms with Gasteiger partial charge in [0.25, 0.3) is 11.2 Å². The van der Waals surface area contributed by atoms with E-state index in [1.165, 1.54) is 10.8 Å². The van der Waals surface area contributed by atoms with E-state index in [0.717, 1.165) is 5.56 Å². The number of benzene rings is 1. The zero-order valence-electron chi connectivity index (χ0n) is 8.88. The van der Waals surface area contributed by atoms with Gasteiger partial charge in [-0.1, -0.05) is 30.3 Å². The van der Waals surface area contributed by atoms with Gasteiger partial charge in [0.15, 0.2) is 0 Å². The average Bonchev–Trinajstić information content (AvgIpc) is 2.34. The van der Waals surface area contributed by atoms with E-state index in [1.54, 1.807) is 0 Å². The standard InChI is InChI=1S/C12H9N3O2/c1-13-10-8-15(12(17)14-11(10)16)7-9-5-3-2-4-6-9/h2-6,8H,7H2,(H,14,16,17). The van der Waals surface area contributed by atoms with E-state index in [1.807, 2.05) is 30.3 Å². The third-order valence-electron chi connectivity index (χ3n) is 2.31. The Morgan fingerprint density at radius 1 is 1.24 bits per heavy atom. The van der Waals surface area contributed by atoms with Crippen LogP contribution in [0.25, 0.3) is 4.85 Å². The third kappa shape index (κ3) is 2.32. The Balaban J connectivity index is 2.44. The molecular formula is C12H9N3O2. The maximum Gasteiger partial charge on any atom is 0.326 e. The summed E-state index contributed by atoms with van der Waals surface area (Å²) in [6.45, 7) is 7.15. The fraction of sp³-hybridized carbons (Fsp3) is 0.0833. The van der Waals surface area contributed by atoms with E-state index in [9.17, 15) is 9.59 Å². The number of hydrogen-bond donors (Lipinski definition) is 1.